The van der Waals surface area contributed by atoms with E-state index in [1.807, 2.05) is 24.3 Å². The second-order valence-corrected chi connectivity index (χ2v) is 11.2. The molecule has 3 heterocycles. The fourth-order valence-corrected chi connectivity index (χ4v) is 5.57. The van der Waals surface area contributed by atoms with Crippen LogP contribution in [0.3, 0.4) is 0 Å². The van der Waals surface area contributed by atoms with E-state index in [-0.39, 0.29) is 17.5 Å². The first-order chi connectivity index (χ1) is 19.4. The summed E-state index contributed by atoms with van der Waals surface area (Å²) in [4.78, 5) is 35.5. The third-order valence-electron chi connectivity index (χ3n) is 8.39. The van der Waals surface area contributed by atoms with Gasteiger partial charge in [0.05, 0.1) is 19.3 Å². The van der Waals surface area contributed by atoms with Crippen molar-refractivity contribution in [2.45, 2.75) is 25.9 Å². The van der Waals surface area contributed by atoms with Gasteiger partial charge in [-0.3, -0.25) is 14.5 Å². The highest BCUT2D eigenvalue weighted by Gasteiger charge is 2.27. The summed E-state index contributed by atoms with van der Waals surface area (Å²) in [5, 5.41) is 0.964. The van der Waals surface area contributed by atoms with Crippen LogP contribution in [0, 0.1) is 0 Å². The molecule has 40 heavy (non-hydrogen) atoms. The van der Waals surface area contributed by atoms with Crippen LogP contribution < -0.4 is 10.5 Å². The lowest BCUT2D eigenvalue weighted by molar-refractivity contribution is -0.0467. The second-order valence-electron chi connectivity index (χ2n) is 11.2. The first kappa shape index (κ1) is 26.3. The van der Waals surface area contributed by atoms with E-state index in [1.165, 1.54) is 5.69 Å². The lowest BCUT2D eigenvalue weighted by Gasteiger charge is -2.38. The van der Waals surface area contributed by atoms with E-state index in [0.29, 0.717) is 30.4 Å². The predicted octanol–water partition coefficient (Wildman–Crippen LogP) is 4.86. The Morgan fingerprint density at radius 2 is 1.52 bits per heavy atom. The topological polar surface area (TPSA) is 68.9 Å². The van der Waals surface area contributed by atoms with Crippen molar-refractivity contribution >= 4 is 22.5 Å². The van der Waals surface area contributed by atoms with Crippen molar-refractivity contribution < 1.29 is 9.53 Å². The van der Waals surface area contributed by atoms with Crippen LogP contribution in [0.4, 0.5) is 5.69 Å². The lowest BCUT2D eigenvalue weighted by atomic mass is 9.99. The number of likely N-dealkylation sites (N-methyl/N-ethyl adjacent to an activating group) is 1. The number of nitrogens with one attached hydrogen (secondary N) is 1. The van der Waals surface area contributed by atoms with Gasteiger partial charge in [0.25, 0.3) is 11.5 Å². The molecule has 1 N–H and O–H groups in total. The normalized spacial score (nSPS) is 16.4. The molecule has 2 aliphatic heterocycles. The molecular weight excluding hydrogens is 500 g/mol. The summed E-state index contributed by atoms with van der Waals surface area (Å²) in [6.45, 7) is 9.96. The molecule has 2 aliphatic rings. The number of amides is 1. The van der Waals surface area contributed by atoms with Gasteiger partial charge < -0.3 is 19.5 Å². The Morgan fingerprint density at radius 1 is 0.875 bits per heavy atom. The number of piperazine rings is 1. The summed E-state index contributed by atoms with van der Waals surface area (Å²) in [7, 11) is 1.80. The highest BCUT2D eigenvalue weighted by Crippen LogP contribution is 2.28. The second kappa shape index (κ2) is 10.9. The molecular formula is C33H36N4O3. The maximum Gasteiger partial charge on any atom is 0.256 e. The number of hydrogen-bond acceptors (Lipinski definition) is 5. The predicted molar refractivity (Wildman–Crippen MR) is 161 cm³/mol. The maximum absolute atomic E-state index is 12.9. The van der Waals surface area contributed by atoms with Crippen molar-refractivity contribution in [2.75, 3.05) is 51.3 Å². The molecule has 7 heteroatoms. The smallest absolute Gasteiger partial charge is 0.256 e. The Morgan fingerprint density at radius 3 is 2.15 bits per heavy atom. The van der Waals surface area contributed by atoms with Gasteiger partial charge in [0.15, 0.2) is 0 Å². The number of aromatic nitrogens is 1. The summed E-state index contributed by atoms with van der Waals surface area (Å²) < 4.78 is 5.21. The Labute approximate surface area is 235 Å². The van der Waals surface area contributed by atoms with E-state index in [0.717, 1.165) is 53.8 Å². The fraction of sp³-hybridized carbons (Fsp3) is 0.333. The molecule has 1 aromatic heterocycles. The van der Waals surface area contributed by atoms with Crippen molar-refractivity contribution in [3.63, 3.8) is 0 Å². The van der Waals surface area contributed by atoms with Crippen molar-refractivity contribution in [3.05, 3.63) is 88.7 Å². The molecule has 0 unspecified atom stereocenters. The highest BCUT2D eigenvalue weighted by atomic mass is 16.5. The fourth-order valence-electron chi connectivity index (χ4n) is 5.57. The van der Waals surface area contributed by atoms with Gasteiger partial charge in [0, 0.05) is 61.6 Å². The zero-order valence-electron chi connectivity index (χ0n) is 23.4. The highest BCUT2D eigenvalue weighted by molar-refractivity contribution is 5.95. The molecule has 1 amide bonds. The van der Waals surface area contributed by atoms with Crippen LogP contribution >= 0.6 is 0 Å². The molecule has 0 spiro atoms. The Bertz CT molecular complexity index is 1560. The number of aromatic amines is 1. The molecule has 0 saturated carbocycles. The minimum Gasteiger partial charge on any atom is -0.377 e. The Hall–Kier alpha value is -3.94. The van der Waals surface area contributed by atoms with Crippen LogP contribution in [0.15, 0.2) is 77.6 Å². The van der Waals surface area contributed by atoms with Gasteiger partial charge in [0.2, 0.25) is 0 Å². The standard InChI is InChI=1S/C33H36N4O3/c1-22(2)36-14-16-37(17-15-36)28-11-8-23(9-12-28)26-10-13-31-27(18-26)19-30(32(38)34-31)24-4-6-25(7-5-24)33(39)35(3)29-20-40-21-29/h4-13,18-19,22,29H,14-17,20-21H2,1-3H3,(H,34,38). The number of carbonyl (C=O) groups is 1. The van der Waals surface area contributed by atoms with Crippen LogP contribution in [0.25, 0.3) is 33.2 Å². The summed E-state index contributed by atoms with van der Waals surface area (Å²) in [5.41, 5.74) is 6.12. The number of carbonyl (C=O) groups excluding carboxylic acids is 1. The summed E-state index contributed by atoms with van der Waals surface area (Å²) in [6, 6.07) is 24.9. The van der Waals surface area contributed by atoms with Gasteiger partial charge in [0.1, 0.15) is 0 Å². The molecule has 6 rings (SSSR count). The monoisotopic (exact) mass is 536 g/mol. The van der Waals surface area contributed by atoms with Gasteiger partial charge in [-0.25, -0.2) is 0 Å². The lowest BCUT2D eigenvalue weighted by Crippen LogP contribution is -2.49. The number of benzene rings is 3. The number of H-pyrrole nitrogens is 1. The number of fused-ring (bicyclic) bond motifs is 1. The third kappa shape index (κ3) is 5.15. The van der Waals surface area contributed by atoms with Gasteiger partial charge in [-0.1, -0.05) is 30.3 Å². The molecule has 0 atom stereocenters. The summed E-state index contributed by atoms with van der Waals surface area (Å²) in [6.07, 6.45) is 0. The zero-order valence-corrected chi connectivity index (χ0v) is 23.4. The van der Waals surface area contributed by atoms with E-state index in [9.17, 15) is 9.59 Å². The van der Waals surface area contributed by atoms with Gasteiger partial charge in [-0.15, -0.1) is 0 Å². The molecule has 0 radical (unpaired) electrons. The van der Waals surface area contributed by atoms with Crippen LogP contribution in [-0.2, 0) is 4.74 Å². The quantitative estimate of drug-likeness (QED) is 0.381. The number of hydrogen-bond donors (Lipinski definition) is 1. The number of rotatable bonds is 6. The molecule has 2 saturated heterocycles. The number of pyridine rings is 1. The van der Waals surface area contributed by atoms with Gasteiger partial charge in [-0.05, 0) is 78.4 Å². The number of nitrogens with zero attached hydrogens (tertiary/aromatic N) is 3. The van der Waals surface area contributed by atoms with E-state index in [4.69, 9.17) is 4.74 Å². The number of ether oxygens (including phenoxy) is 1. The third-order valence-corrected chi connectivity index (χ3v) is 8.39. The average molecular weight is 537 g/mol. The van der Waals surface area contributed by atoms with Crippen molar-refractivity contribution in [1.82, 2.24) is 14.8 Å². The molecule has 2 fully saturated rings. The summed E-state index contributed by atoms with van der Waals surface area (Å²) >= 11 is 0. The zero-order chi connectivity index (χ0) is 27.8. The van der Waals surface area contributed by atoms with Crippen molar-refractivity contribution in [2.24, 2.45) is 0 Å². The molecule has 3 aromatic carbocycles. The molecule has 0 aliphatic carbocycles. The molecule has 0 bridgehead atoms. The maximum atomic E-state index is 12.9. The van der Waals surface area contributed by atoms with E-state index in [2.05, 4.69) is 65.0 Å². The van der Waals surface area contributed by atoms with Crippen LogP contribution in [0.2, 0.25) is 0 Å². The van der Waals surface area contributed by atoms with Crippen LogP contribution in [0.1, 0.15) is 24.2 Å². The first-order valence-corrected chi connectivity index (χ1v) is 14.1. The first-order valence-electron chi connectivity index (χ1n) is 14.1. The molecule has 7 nitrogen and oxygen atoms in total. The van der Waals surface area contributed by atoms with E-state index in [1.54, 1.807) is 24.1 Å². The van der Waals surface area contributed by atoms with Crippen molar-refractivity contribution in [1.29, 1.82) is 0 Å². The minimum absolute atomic E-state index is 0.0410. The van der Waals surface area contributed by atoms with E-state index >= 15 is 0 Å². The largest absolute Gasteiger partial charge is 0.377 e. The Kier molecular flexibility index (Phi) is 7.17. The average Bonchev–Trinajstić information content (AvgIpc) is 2.95. The molecule has 206 valence electrons. The minimum atomic E-state index is -0.148. The van der Waals surface area contributed by atoms with Crippen LogP contribution in [0.5, 0.6) is 0 Å². The van der Waals surface area contributed by atoms with E-state index < -0.39 is 0 Å². The number of anilines is 1. The van der Waals surface area contributed by atoms with Crippen LogP contribution in [-0.4, -0.2) is 79.2 Å². The SMILES string of the molecule is CC(C)N1CCN(c2ccc(-c3ccc4[nH]c(=O)c(-c5ccc(C(=O)N(C)C6COC6)cc5)cc4c3)cc2)CC1. The van der Waals surface area contributed by atoms with Gasteiger partial charge >= 0.3 is 0 Å². The Balaban J connectivity index is 1.21. The van der Waals surface area contributed by atoms with Crippen molar-refractivity contribution in [3.8, 4) is 22.3 Å². The summed E-state index contributed by atoms with van der Waals surface area (Å²) in [5.74, 6) is -0.0410. The van der Waals surface area contributed by atoms with Gasteiger partial charge in [-0.2, -0.15) is 0 Å². The molecule has 4 aromatic rings.